The van der Waals surface area contributed by atoms with Crippen molar-refractivity contribution in [2.24, 2.45) is 0 Å². The van der Waals surface area contributed by atoms with Gasteiger partial charge in [0.05, 0.1) is 11.4 Å². The molecule has 0 bridgehead atoms. The van der Waals surface area contributed by atoms with E-state index in [1.54, 1.807) is 4.68 Å². The van der Waals surface area contributed by atoms with Gasteiger partial charge in [0, 0.05) is 36.1 Å². The van der Waals surface area contributed by atoms with Crippen molar-refractivity contribution < 1.29 is 14.1 Å². The Labute approximate surface area is 180 Å². The second-order valence-electron chi connectivity index (χ2n) is 7.82. The summed E-state index contributed by atoms with van der Waals surface area (Å²) in [5, 5.41) is 17.7. The second kappa shape index (κ2) is 8.73. The zero-order valence-electron chi connectivity index (χ0n) is 17.8. The Kier molecular flexibility index (Phi) is 5.85. The van der Waals surface area contributed by atoms with Crippen LogP contribution in [0.4, 0.5) is 5.82 Å². The number of hydrogen-bond acceptors (Lipinski definition) is 6. The molecule has 3 heterocycles. The summed E-state index contributed by atoms with van der Waals surface area (Å²) in [7, 11) is 0. The summed E-state index contributed by atoms with van der Waals surface area (Å²) in [6.07, 6.45) is 0.645. The van der Waals surface area contributed by atoms with E-state index in [4.69, 9.17) is 4.52 Å². The van der Waals surface area contributed by atoms with Gasteiger partial charge in [0.2, 0.25) is 11.8 Å². The van der Waals surface area contributed by atoms with E-state index in [1.807, 2.05) is 57.2 Å². The van der Waals surface area contributed by atoms with Crippen LogP contribution in [-0.2, 0) is 16.0 Å². The summed E-state index contributed by atoms with van der Waals surface area (Å²) in [4.78, 5) is 24.8. The number of anilines is 1. The lowest BCUT2D eigenvalue weighted by atomic mass is 10.1. The van der Waals surface area contributed by atoms with Gasteiger partial charge in [0.1, 0.15) is 11.6 Å². The summed E-state index contributed by atoms with van der Waals surface area (Å²) < 4.78 is 6.79. The minimum absolute atomic E-state index is 0.00813. The van der Waals surface area contributed by atoms with E-state index < -0.39 is 6.29 Å². The minimum Gasteiger partial charge on any atom is -0.361 e. The number of rotatable bonds is 6. The van der Waals surface area contributed by atoms with Gasteiger partial charge in [-0.3, -0.25) is 14.9 Å². The molecule has 1 aliphatic rings. The van der Waals surface area contributed by atoms with Gasteiger partial charge in [-0.05, 0) is 27.2 Å². The van der Waals surface area contributed by atoms with Crippen LogP contribution in [0.1, 0.15) is 43.1 Å². The molecule has 9 nitrogen and oxygen atoms in total. The maximum atomic E-state index is 12.7. The predicted molar refractivity (Wildman–Crippen MR) is 115 cm³/mol. The normalized spacial score (nSPS) is 18.6. The summed E-state index contributed by atoms with van der Waals surface area (Å²) in [6, 6.07) is 11.5. The summed E-state index contributed by atoms with van der Waals surface area (Å²) in [5.74, 6) is 1.01. The van der Waals surface area contributed by atoms with E-state index in [9.17, 15) is 9.59 Å². The first kappa shape index (κ1) is 20.8. The predicted octanol–water partition coefficient (Wildman–Crippen LogP) is 2.68. The van der Waals surface area contributed by atoms with Crippen molar-refractivity contribution in [2.45, 2.75) is 52.4 Å². The SMILES string of the molecule is Cc1noc(C)c1CCC(=O)Nc1cc(-c2ccccc2)nn1C1NC(=O)CC(C)N1. The van der Waals surface area contributed by atoms with Gasteiger partial charge in [-0.25, -0.2) is 4.68 Å². The first-order valence-electron chi connectivity index (χ1n) is 10.3. The maximum absolute atomic E-state index is 12.7. The summed E-state index contributed by atoms with van der Waals surface area (Å²) in [5.41, 5.74) is 3.37. The van der Waals surface area contributed by atoms with Crippen molar-refractivity contribution in [3.63, 3.8) is 0 Å². The number of nitrogens with zero attached hydrogens (tertiary/aromatic N) is 3. The third kappa shape index (κ3) is 4.66. The number of hydrogen-bond donors (Lipinski definition) is 3. The van der Waals surface area contributed by atoms with Crippen LogP contribution in [0.3, 0.4) is 0 Å². The molecule has 9 heteroatoms. The molecule has 2 aromatic heterocycles. The van der Waals surface area contributed by atoms with Crippen LogP contribution in [0.5, 0.6) is 0 Å². The highest BCUT2D eigenvalue weighted by atomic mass is 16.5. The number of aryl methyl sites for hydroxylation is 2. The highest BCUT2D eigenvalue weighted by Gasteiger charge is 2.27. The number of aromatic nitrogens is 3. The van der Waals surface area contributed by atoms with E-state index in [1.165, 1.54) is 0 Å². The van der Waals surface area contributed by atoms with Gasteiger partial charge in [-0.15, -0.1) is 0 Å². The van der Waals surface area contributed by atoms with E-state index in [0.29, 0.717) is 24.4 Å². The third-order valence-corrected chi connectivity index (χ3v) is 5.33. The number of carbonyl (C=O) groups is 2. The molecule has 2 atom stereocenters. The van der Waals surface area contributed by atoms with Gasteiger partial charge in [0.15, 0.2) is 6.29 Å². The van der Waals surface area contributed by atoms with Gasteiger partial charge in [-0.1, -0.05) is 35.5 Å². The van der Waals surface area contributed by atoms with Gasteiger partial charge in [-0.2, -0.15) is 5.10 Å². The monoisotopic (exact) mass is 422 g/mol. The number of benzene rings is 1. The lowest BCUT2D eigenvalue weighted by Crippen LogP contribution is -2.52. The molecule has 4 rings (SSSR count). The Bertz CT molecular complexity index is 1070. The molecule has 2 amide bonds. The minimum atomic E-state index is -0.549. The molecule has 1 aliphatic heterocycles. The highest BCUT2D eigenvalue weighted by Crippen LogP contribution is 2.25. The molecule has 2 unspecified atom stereocenters. The maximum Gasteiger partial charge on any atom is 0.225 e. The first-order chi connectivity index (χ1) is 14.9. The second-order valence-corrected chi connectivity index (χ2v) is 7.82. The average molecular weight is 422 g/mol. The number of nitrogens with one attached hydrogen (secondary N) is 3. The first-order valence-corrected chi connectivity index (χ1v) is 10.3. The zero-order chi connectivity index (χ0) is 22.0. The molecule has 3 N–H and O–H groups in total. The lowest BCUT2D eigenvalue weighted by molar-refractivity contribution is -0.125. The van der Waals surface area contributed by atoms with Crippen molar-refractivity contribution in [3.8, 4) is 11.3 Å². The Morgan fingerprint density at radius 1 is 1.29 bits per heavy atom. The third-order valence-electron chi connectivity index (χ3n) is 5.33. The zero-order valence-corrected chi connectivity index (χ0v) is 17.8. The van der Waals surface area contributed by atoms with E-state index in [-0.39, 0.29) is 24.3 Å². The lowest BCUT2D eigenvalue weighted by Gasteiger charge is -2.30. The standard InChI is InChI=1S/C22H26N6O3/c1-13-11-21(30)25-22(23-13)28-19(12-18(26-28)16-7-5-4-6-8-16)24-20(29)10-9-17-14(2)27-31-15(17)3/h4-8,12-13,22-23H,9-11H2,1-3H3,(H,24,29)(H,25,30). The summed E-state index contributed by atoms with van der Waals surface area (Å²) in [6.45, 7) is 5.64. The van der Waals surface area contributed by atoms with Crippen LogP contribution in [0.15, 0.2) is 40.9 Å². The fraction of sp³-hybridized carbons (Fsp3) is 0.364. The summed E-state index contributed by atoms with van der Waals surface area (Å²) >= 11 is 0. The van der Waals surface area contributed by atoms with Crippen LogP contribution in [0, 0.1) is 13.8 Å². The van der Waals surface area contributed by atoms with Crippen LogP contribution < -0.4 is 16.0 Å². The molecule has 3 aromatic rings. The molecule has 0 spiro atoms. The fourth-order valence-corrected chi connectivity index (χ4v) is 3.73. The van der Waals surface area contributed by atoms with Crippen molar-refractivity contribution in [2.75, 3.05) is 5.32 Å². The molecule has 162 valence electrons. The number of amides is 2. The molecule has 0 saturated carbocycles. The van der Waals surface area contributed by atoms with Crippen molar-refractivity contribution in [1.29, 1.82) is 0 Å². The quantitative estimate of drug-likeness (QED) is 0.563. The molecular formula is C22H26N6O3. The largest absolute Gasteiger partial charge is 0.361 e. The molecular weight excluding hydrogens is 396 g/mol. The molecule has 0 aliphatic carbocycles. The molecule has 0 radical (unpaired) electrons. The molecule has 1 saturated heterocycles. The smallest absolute Gasteiger partial charge is 0.225 e. The Balaban J connectivity index is 1.56. The van der Waals surface area contributed by atoms with Gasteiger partial charge < -0.3 is 15.2 Å². The van der Waals surface area contributed by atoms with Crippen LogP contribution >= 0.6 is 0 Å². The van der Waals surface area contributed by atoms with Crippen molar-refractivity contribution in [1.82, 2.24) is 25.6 Å². The fourth-order valence-electron chi connectivity index (χ4n) is 3.73. The number of carbonyl (C=O) groups excluding carboxylic acids is 2. The Hall–Kier alpha value is -3.46. The molecule has 1 fully saturated rings. The van der Waals surface area contributed by atoms with Crippen LogP contribution in [-0.4, -0.2) is 32.8 Å². The van der Waals surface area contributed by atoms with Crippen LogP contribution in [0.2, 0.25) is 0 Å². The van der Waals surface area contributed by atoms with Crippen LogP contribution in [0.25, 0.3) is 11.3 Å². The highest BCUT2D eigenvalue weighted by molar-refractivity contribution is 5.90. The van der Waals surface area contributed by atoms with Gasteiger partial charge >= 0.3 is 0 Å². The van der Waals surface area contributed by atoms with Crippen molar-refractivity contribution in [3.05, 3.63) is 53.4 Å². The van der Waals surface area contributed by atoms with E-state index >= 15 is 0 Å². The molecule has 31 heavy (non-hydrogen) atoms. The molecule has 1 aromatic carbocycles. The Morgan fingerprint density at radius 3 is 2.74 bits per heavy atom. The van der Waals surface area contributed by atoms with Crippen molar-refractivity contribution >= 4 is 17.6 Å². The Morgan fingerprint density at radius 2 is 2.06 bits per heavy atom. The van der Waals surface area contributed by atoms with Gasteiger partial charge in [0.25, 0.3) is 0 Å². The average Bonchev–Trinajstić information content (AvgIpc) is 3.29. The topological polar surface area (TPSA) is 114 Å². The van der Waals surface area contributed by atoms with E-state index in [0.717, 1.165) is 22.6 Å². The van der Waals surface area contributed by atoms with E-state index in [2.05, 4.69) is 26.2 Å².